The molecule has 0 amide bonds. The maximum atomic E-state index is 15.0. The van der Waals surface area contributed by atoms with Crippen molar-refractivity contribution in [2.24, 2.45) is 7.05 Å². The van der Waals surface area contributed by atoms with E-state index in [1.807, 2.05) is 32.3 Å². The molecule has 4 heterocycles. The van der Waals surface area contributed by atoms with E-state index in [0.29, 0.717) is 37.2 Å². The Kier molecular flexibility index (Phi) is 8.64. The second-order valence-electron chi connectivity index (χ2n) is 9.68. The highest BCUT2D eigenvalue weighted by atomic mass is 32.2. The van der Waals surface area contributed by atoms with Gasteiger partial charge in [0.2, 0.25) is 11.8 Å². The van der Waals surface area contributed by atoms with E-state index in [-0.39, 0.29) is 17.6 Å². The summed E-state index contributed by atoms with van der Waals surface area (Å²) in [5.41, 5.74) is 3.20. The zero-order chi connectivity index (χ0) is 28.3. The second-order valence-corrected chi connectivity index (χ2v) is 11.1. The van der Waals surface area contributed by atoms with Gasteiger partial charge >= 0.3 is 5.69 Å². The third kappa shape index (κ3) is 6.79. The fourth-order valence-corrected chi connectivity index (χ4v) is 4.53. The summed E-state index contributed by atoms with van der Waals surface area (Å²) >= 11 is 0. The van der Waals surface area contributed by atoms with Crippen LogP contribution in [-0.4, -0.2) is 83.7 Å². The van der Waals surface area contributed by atoms with E-state index in [0.717, 1.165) is 41.3 Å². The summed E-state index contributed by atoms with van der Waals surface area (Å²) in [5.74, 6) is -0.331. The Morgan fingerprint density at radius 3 is 2.64 bits per heavy atom. The van der Waals surface area contributed by atoms with Crippen LogP contribution in [0.25, 0.3) is 33.1 Å². The first kappa shape index (κ1) is 28.6. The Morgan fingerprint density at radius 1 is 1.26 bits per heavy atom. The van der Waals surface area contributed by atoms with Gasteiger partial charge in [0.25, 0.3) is 10.1 Å². The van der Waals surface area contributed by atoms with Gasteiger partial charge < -0.3 is 14.4 Å². The van der Waals surface area contributed by atoms with Crippen LogP contribution in [0.5, 0.6) is 5.88 Å². The highest BCUT2D eigenvalue weighted by Gasteiger charge is 2.25. The van der Waals surface area contributed by atoms with Gasteiger partial charge in [-0.05, 0) is 50.7 Å². The molecule has 1 fully saturated rings. The summed E-state index contributed by atoms with van der Waals surface area (Å²) in [5, 5.41) is 0.794. The predicted molar refractivity (Wildman–Crippen MR) is 146 cm³/mol. The van der Waals surface area contributed by atoms with Crippen molar-refractivity contribution in [2.75, 3.05) is 46.7 Å². The predicted octanol–water partition coefficient (Wildman–Crippen LogP) is 2.89. The van der Waals surface area contributed by atoms with E-state index in [4.69, 9.17) is 14.0 Å². The maximum absolute atomic E-state index is 15.0. The summed E-state index contributed by atoms with van der Waals surface area (Å²) in [6, 6.07) is 8.89. The van der Waals surface area contributed by atoms with Crippen LogP contribution < -0.4 is 10.4 Å². The fourth-order valence-electron chi connectivity index (χ4n) is 4.53. The lowest BCUT2D eigenvalue weighted by atomic mass is 10.0. The first-order chi connectivity index (χ1) is 18.4. The quantitative estimate of drug-likeness (QED) is 0.206. The molecule has 11 nitrogen and oxygen atoms in total. The molecule has 0 unspecified atom stereocenters. The minimum Gasteiger partial charge on any atom is -0.478 e. The molecule has 13 heteroatoms. The number of rotatable bonds is 7. The molecule has 1 aliphatic heterocycles. The number of halogens is 1. The number of fused-ring (bicyclic) bond motifs is 3. The molecule has 1 aromatic carbocycles. The van der Waals surface area contributed by atoms with E-state index in [1.54, 1.807) is 34.5 Å². The number of benzene rings is 1. The Balaban J connectivity index is 0.000000648. The standard InChI is InChI=1S/C25H28FN5O3.CH4O3S/c1-29(2)10-4-11-34-22-8-6-18(24(26)28-22)16-5-7-20-19(13-16)23-21(14-27-20)30(3)25(32)31(23)17-9-12-33-15-17;1-5(2,3)4/h5-8,13-14,17H,4,9-12,15H2,1-3H3;1H3,(H,2,3,4)/t17-;/m1./s1. The molecular formula is C26H32FN5O6S. The van der Waals surface area contributed by atoms with Gasteiger partial charge in [-0.25, -0.2) is 4.79 Å². The molecule has 4 aromatic rings. The molecule has 0 aliphatic carbocycles. The lowest BCUT2D eigenvalue weighted by Crippen LogP contribution is -2.26. The van der Waals surface area contributed by atoms with Crippen molar-refractivity contribution in [1.82, 2.24) is 24.0 Å². The molecule has 0 bridgehead atoms. The summed E-state index contributed by atoms with van der Waals surface area (Å²) in [6.45, 7) is 2.48. The molecule has 0 radical (unpaired) electrons. The highest BCUT2D eigenvalue weighted by Crippen LogP contribution is 2.32. The monoisotopic (exact) mass is 561 g/mol. The largest absolute Gasteiger partial charge is 0.478 e. The van der Waals surface area contributed by atoms with E-state index in [2.05, 4.69) is 14.9 Å². The Labute approximate surface area is 225 Å². The number of imidazole rings is 1. The van der Waals surface area contributed by atoms with Crippen LogP contribution >= 0.6 is 0 Å². The fraction of sp³-hybridized carbons (Fsp3) is 0.423. The van der Waals surface area contributed by atoms with Crippen molar-refractivity contribution in [3.8, 4) is 17.0 Å². The average Bonchev–Trinajstić information content (AvgIpc) is 3.47. The maximum Gasteiger partial charge on any atom is 0.329 e. The van der Waals surface area contributed by atoms with Crippen LogP contribution in [0.4, 0.5) is 4.39 Å². The Hall–Kier alpha value is -3.39. The van der Waals surface area contributed by atoms with E-state index in [1.165, 1.54) is 0 Å². The number of hydrogen-bond donors (Lipinski definition) is 1. The lowest BCUT2D eigenvalue weighted by molar-refractivity contribution is 0.186. The minimum absolute atomic E-state index is 0.0345. The van der Waals surface area contributed by atoms with Crippen LogP contribution in [0.1, 0.15) is 18.9 Å². The van der Waals surface area contributed by atoms with Gasteiger partial charge in [-0.3, -0.25) is 18.7 Å². The highest BCUT2D eigenvalue weighted by molar-refractivity contribution is 7.85. The second kappa shape index (κ2) is 11.8. The molecular weight excluding hydrogens is 529 g/mol. The van der Waals surface area contributed by atoms with E-state index in [9.17, 15) is 17.6 Å². The number of ether oxygens (including phenoxy) is 2. The first-order valence-electron chi connectivity index (χ1n) is 12.4. The summed E-state index contributed by atoms with van der Waals surface area (Å²) < 4.78 is 55.4. The van der Waals surface area contributed by atoms with Crippen LogP contribution in [-0.2, 0) is 21.9 Å². The summed E-state index contributed by atoms with van der Waals surface area (Å²) in [6.07, 6.45) is 4.04. The number of hydrogen-bond acceptors (Lipinski definition) is 8. The zero-order valence-corrected chi connectivity index (χ0v) is 23.1. The van der Waals surface area contributed by atoms with Crippen molar-refractivity contribution in [1.29, 1.82) is 0 Å². The topological polar surface area (TPSA) is 129 Å². The third-order valence-electron chi connectivity index (χ3n) is 6.32. The molecule has 1 N–H and O–H groups in total. The first-order valence-corrected chi connectivity index (χ1v) is 14.2. The zero-order valence-electron chi connectivity index (χ0n) is 22.3. The van der Waals surface area contributed by atoms with Gasteiger partial charge in [-0.1, -0.05) is 6.07 Å². The van der Waals surface area contributed by atoms with Gasteiger partial charge in [-0.15, -0.1) is 0 Å². The van der Waals surface area contributed by atoms with Gasteiger partial charge in [-0.2, -0.15) is 17.8 Å². The van der Waals surface area contributed by atoms with Crippen molar-refractivity contribution in [2.45, 2.75) is 18.9 Å². The van der Waals surface area contributed by atoms with Gasteiger partial charge in [0, 0.05) is 37.2 Å². The number of nitrogens with zero attached hydrogens (tertiary/aromatic N) is 5. The lowest BCUT2D eigenvalue weighted by Gasteiger charge is -2.12. The smallest absolute Gasteiger partial charge is 0.329 e. The van der Waals surface area contributed by atoms with Crippen LogP contribution in [0.3, 0.4) is 0 Å². The van der Waals surface area contributed by atoms with Gasteiger partial charge in [0.15, 0.2) is 0 Å². The molecule has 210 valence electrons. The van der Waals surface area contributed by atoms with Crippen LogP contribution in [0.2, 0.25) is 0 Å². The average molecular weight is 562 g/mol. The third-order valence-corrected chi connectivity index (χ3v) is 6.32. The van der Waals surface area contributed by atoms with Gasteiger partial charge in [0.1, 0.15) is 0 Å². The number of pyridine rings is 2. The molecule has 0 saturated carbocycles. The summed E-state index contributed by atoms with van der Waals surface area (Å²) in [7, 11) is 2.07. The van der Waals surface area contributed by atoms with Crippen molar-refractivity contribution < 1.29 is 26.8 Å². The molecule has 3 aromatic heterocycles. The summed E-state index contributed by atoms with van der Waals surface area (Å²) in [4.78, 5) is 23.7. The number of aryl methyl sites for hydroxylation is 1. The molecule has 1 aliphatic rings. The van der Waals surface area contributed by atoms with Crippen molar-refractivity contribution in [3.63, 3.8) is 0 Å². The SMILES string of the molecule is CN(C)CCCOc1ccc(-c2ccc3ncc4c(c3c2)n([C@@H]2CCOC2)c(=O)n4C)c(F)n1.CS(=O)(=O)O. The normalized spacial score (nSPS) is 15.6. The number of aromatic nitrogens is 4. The minimum atomic E-state index is -3.67. The Bertz CT molecular complexity index is 1640. The molecule has 0 spiro atoms. The molecule has 1 atom stereocenters. The Morgan fingerprint density at radius 2 is 2.00 bits per heavy atom. The molecule has 5 rings (SSSR count). The van der Waals surface area contributed by atoms with Crippen LogP contribution in [0.15, 0.2) is 41.3 Å². The molecule has 1 saturated heterocycles. The molecule has 39 heavy (non-hydrogen) atoms. The van der Waals surface area contributed by atoms with Crippen LogP contribution in [0, 0.1) is 5.95 Å². The van der Waals surface area contributed by atoms with Crippen molar-refractivity contribution in [3.05, 3.63) is 53.0 Å². The van der Waals surface area contributed by atoms with E-state index >= 15 is 0 Å². The van der Waals surface area contributed by atoms with Gasteiger partial charge in [0.05, 0.1) is 48.3 Å². The van der Waals surface area contributed by atoms with E-state index < -0.39 is 16.1 Å². The van der Waals surface area contributed by atoms with Crippen molar-refractivity contribution >= 4 is 32.1 Å².